The Labute approximate surface area is 139 Å². The Kier molecular flexibility index (Phi) is 5.65. The third-order valence-electron chi connectivity index (χ3n) is 4.03. The number of alkyl carbamates (subject to hydrolysis) is 1. The van der Waals surface area contributed by atoms with E-state index in [2.05, 4.69) is 41.4 Å². The molecule has 0 saturated carbocycles. The van der Waals surface area contributed by atoms with Crippen LogP contribution >= 0.6 is 0 Å². The quantitative estimate of drug-likeness (QED) is 0.895. The second kappa shape index (κ2) is 7.32. The second-order valence-corrected chi connectivity index (χ2v) is 7.29. The molecule has 2 rings (SSSR count). The van der Waals surface area contributed by atoms with E-state index in [1.54, 1.807) is 0 Å². The van der Waals surface area contributed by atoms with Crippen LogP contribution in [0.4, 0.5) is 4.79 Å². The van der Waals surface area contributed by atoms with Crippen LogP contribution in [0.2, 0.25) is 0 Å². The second-order valence-electron chi connectivity index (χ2n) is 7.29. The highest BCUT2D eigenvalue weighted by Gasteiger charge is 2.30. The van der Waals surface area contributed by atoms with Crippen molar-refractivity contribution < 1.29 is 9.53 Å². The fourth-order valence-corrected chi connectivity index (χ4v) is 3.04. The fraction of sp³-hybridized carbons (Fsp3) is 0.611. The first-order valence-electron chi connectivity index (χ1n) is 8.28. The van der Waals surface area contributed by atoms with Crippen molar-refractivity contribution in [2.45, 2.75) is 51.8 Å². The van der Waals surface area contributed by atoms with E-state index in [0.717, 1.165) is 19.5 Å². The summed E-state index contributed by atoms with van der Waals surface area (Å²) in [6, 6.07) is 8.78. The Hall–Kier alpha value is -1.59. The lowest BCUT2D eigenvalue weighted by atomic mass is 10.0. The van der Waals surface area contributed by atoms with Crippen LogP contribution in [-0.4, -0.2) is 42.3 Å². The Morgan fingerprint density at radius 1 is 1.48 bits per heavy atom. The van der Waals surface area contributed by atoms with Gasteiger partial charge in [0.25, 0.3) is 0 Å². The summed E-state index contributed by atoms with van der Waals surface area (Å²) in [7, 11) is 0. The monoisotopic (exact) mass is 319 g/mol. The van der Waals surface area contributed by atoms with Gasteiger partial charge in [0.15, 0.2) is 0 Å². The van der Waals surface area contributed by atoms with Crippen molar-refractivity contribution in [3.8, 4) is 0 Å². The van der Waals surface area contributed by atoms with Crippen LogP contribution in [0.1, 0.15) is 44.4 Å². The normalized spacial score (nSPS) is 20.3. The minimum Gasteiger partial charge on any atom is -0.444 e. The molecule has 1 aliphatic heterocycles. The molecule has 0 aromatic heterocycles. The summed E-state index contributed by atoms with van der Waals surface area (Å²) in [6.07, 6.45) is 0.575. The molecule has 0 bridgehead atoms. The number of likely N-dealkylation sites (tertiary alicyclic amines) is 1. The number of aryl methyl sites for hydroxylation is 1. The molecule has 128 valence electrons. The summed E-state index contributed by atoms with van der Waals surface area (Å²) in [6.45, 7) is 10.0. The minimum absolute atomic E-state index is 0.115. The van der Waals surface area contributed by atoms with Crippen LogP contribution in [0.5, 0.6) is 0 Å². The van der Waals surface area contributed by atoms with Gasteiger partial charge in [-0.1, -0.05) is 29.8 Å². The number of hydrogen-bond acceptors (Lipinski definition) is 4. The maximum Gasteiger partial charge on any atom is 0.407 e. The molecule has 1 fully saturated rings. The first kappa shape index (κ1) is 17.8. The van der Waals surface area contributed by atoms with Crippen LogP contribution in [0, 0.1) is 6.92 Å². The first-order valence-corrected chi connectivity index (χ1v) is 8.28. The predicted molar refractivity (Wildman–Crippen MR) is 92.3 cm³/mol. The van der Waals surface area contributed by atoms with E-state index in [-0.39, 0.29) is 18.2 Å². The maximum atomic E-state index is 11.9. The number of amides is 1. The Morgan fingerprint density at radius 2 is 2.22 bits per heavy atom. The number of hydrogen-bond donors (Lipinski definition) is 2. The molecule has 5 nitrogen and oxygen atoms in total. The zero-order valence-corrected chi connectivity index (χ0v) is 14.6. The molecular formula is C18H29N3O2. The third-order valence-corrected chi connectivity index (χ3v) is 4.03. The van der Waals surface area contributed by atoms with Gasteiger partial charge in [0.1, 0.15) is 5.60 Å². The van der Waals surface area contributed by atoms with Crippen LogP contribution in [0.15, 0.2) is 24.3 Å². The fourth-order valence-electron chi connectivity index (χ4n) is 3.04. The van der Waals surface area contributed by atoms with E-state index in [1.807, 2.05) is 20.8 Å². The summed E-state index contributed by atoms with van der Waals surface area (Å²) in [5.41, 5.74) is 8.02. The van der Waals surface area contributed by atoms with E-state index >= 15 is 0 Å². The van der Waals surface area contributed by atoms with E-state index in [0.29, 0.717) is 6.54 Å². The first-order chi connectivity index (χ1) is 10.8. The van der Waals surface area contributed by atoms with Crippen molar-refractivity contribution in [1.82, 2.24) is 10.2 Å². The van der Waals surface area contributed by atoms with Crippen molar-refractivity contribution in [2.75, 3.05) is 19.6 Å². The standard InChI is InChI=1S/C18H29N3O2/c1-13-6-5-7-14(10-13)16(11-19)21-9-8-15(12-21)20-17(22)23-18(2,3)4/h5-7,10,15-16H,8-9,11-12,19H2,1-4H3,(H,20,22)/t15-,16+/m0/s1. The van der Waals surface area contributed by atoms with E-state index in [4.69, 9.17) is 10.5 Å². The highest BCUT2D eigenvalue weighted by Crippen LogP contribution is 2.25. The molecule has 1 amide bonds. The lowest BCUT2D eigenvalue weighted by Crippen LogP contribution is -2.41. The van der Waals surface area contributed by atoms with Gasteiger partial charge in [0, 0.05) is 31.7 Å². The molecule has 1 aromatic rings. The highest BCUT2D eigenvalue weighted by molar-refractivity contribution is 5.68. The third kappa shape index (κ3) is 5.22. The number of carbonyl (C=O) groups is 1. The number of carbonyl (C=O) groups excluding carboxylic acids is 1. The molecule has 5 heteroatoms. The molecule has 1 saturated heterocycles. The molecule has 0 spiro atoms. The van der Waals surface area contributed by atoms with Crippen molar-refractivity contribution >= 4 is 6.09 Å². The Bertz CT molecular complexity index is 539. The molecule has 23 heavy (non-hydrogen) atoms. The van der Waals surface area contributed by atoms with Crippen LogP contribution in [-0.2, 0) is 4.74 Å². The molecular weight excluding hydrogens is 290 g/mol. The van der Waals surface area contributed by atoms with Crippen molar-refractivity contribution in [3.63, 3.8) is 0 Å². The van der Waals surface area contributed by atoms with Gasteiger partial charge in [-0.05, 0) is 39.7 Å². The van der Waals surface area contributed by atoms with Gasteiger partial charge in [-0.25, -0.2) is 4.79 Å². The number of nitrogens with one attached hydrogen (secondary N) is 1. The molecule has 0 aliphatic carbocycles. The molecule has 2 atom stereocenters. The van der Waals surface area contributed by atoms with Crippen LogP contribution < -0.4 is 11.1 Å². The molecule has 1 aromatic carbocycles. The summed E-state index contributed by atoms with van der Waals surface area (Å²) in [5, 5.41) is 2.96. The van der Waals surface area contributed by atoms with Crippen LogP contribution in [0.25, 0.3) is 0 Å². The summed E-state index contributed by atoms with van der Waals surface area (Å²) < 4.78 is 5.33. The average molecular weight is 319 g/mol. The summed E-state index contributed by atoms with van der Waals surface area (Å²) in [5.74, 6) is 0. The van der Waals surface area contributed by atoms with E-state index in [1.165, 1.54) is 11.1 Å². The summed E-state index contributed by atoms with van der Waals surface area (Å²) >= 11 is 0. The zero-order valence-electron chi connectivity index (χ0n) is 14.6. The van der Waals surface area contributed by atoms with Gasteiger partial charge in [-0.2, -0.15) is 0 Å². The maximum absolute atomic E-state index is 11.9. The van der Waals surface area contributed by atoms with Crippen molar-refractivity contribution in [3.05, 3.63) is 35.4 Å². The highest BCUT2D eigenvalue weighted by atomic mass is 16.6. The number of ether oxygens (including phenoxy) is 1. The van der Waals surface area contributed by atoms with Crippen LogP contribution in [0.3, 0.4) is 0 Å². The van der Waals surface area contributed by atoms with Gasteiger partial charge in [0.2, 0.25) is 0 Å². The molecule has 1 heterocycles. The topological polar surface area (TPSA) is 67.6 Å². The molecule has 1 aliphatic rings. The number of benzene rings is 1. The number of nitrogens with two attached hydrogens (primary N) is 1. The van der Waals surface area contributed by atoms with Gasteiger partial charge >= 0.3 is 6.09 Å². The predicted octanol–water partition coefficient (Wildman–Crippen LogP) is 2.59. The van der Waals surface area contributed by atoms with Gasteiger partial charge in [-0.15, -0.1) is 0 Å². The molecule has 3 N–H and O–H groups in total. The van der Waals surface area contributed by atoms with Crippen molar-refractivity contribution in [1.29, 1.82) is 0 Å². The van der Waals surface area contributed by atoms with E-state index in [9.17, 15) is 4.79 Å². The number of nitrogens with zero attached hydrogens (tertiary/aromatic N) is 1. The zero-order chi connectivity index (χ0) is 17.0. The lowest BCUT2D eigenvalue weighted by molar-refractivity contribution is 0.0504. The smallest absolute Gasteiger partial charge is 0.407 e. The summed E-state index contributed by atoms with van der Waals surface area (Å²) in [4.78, 5) is 14.2. The molecule has 0 radical (unpaired) electrons. The lowest BCUT2D eigenvalue weighted by Gasteiger charge is -2.27. The van der Waals surface area contributed by atoms with Gasteiger partial charge < -0.3 is 15.8 Å². The van der Waals surface area contributed by atoms with Gasteiger partial charge in [-0.3, -0.25) is 4.90 Å². The Balaban J connectivity index is 1.94. The average Bonchev–Trinajstić information content (AvgIpc) is 2.85. The molecule has 0 unspecified atom stereocenters. The van der Waals surface area contributed by atoms with Crippen molar-refractivity contribution in [2.24, 2.45) is 5.73 Å². The largest absolute Gasteiger partial charge is 0.444 e. The minimum atomic E-state index is -0.469. The number of rotatable bonds is 4. The van der Waals surface area contributed by atoms with Gasteiger partial charge in [0.05, 0.1) is 0 Å². The van der Waals surface area contributed by atoms with E-state index < -0.39 is 5.60 Å². The SMILES string of the molecule is Cc1cccc([C@@H](CN)N2CC[C@H](NC(=O)OC(C)(C)C)C2)c1. The Morgan fingerprint density at radius 3 is 2.83 bits per heavy atom.